The summed E-state index contributed by atoms with van der Waals surface area (Å²) < 4.78 is 7.89. The molecule has 1 aromatic heterocycles. The third kappa shape index (κ3) is 2.28. The van der Waals surface area contributed by atoms with Gasteiger partial charge in [-0.2, -0.15) is 0 Å². The molecule has 0 bridgehead atoms. The molecular weight excluding hydrogens is 202 g/mol. The highest BCUT2D eigenvalue weighted by Gasteiger charge is 2.23. The molecule has 1 aromatic rings. The zero-order valence-electron chi connectivity index (χ0n) is 9.56. The molecule has 16 heavy (non-hydrogen) atoms. The number of imidazole rings is 1. The third-order valence-electron chi connectivity index (χ3n) is 3.47. The van der Waals surface area contributed by atoms with Gasteiger partial charge in [-0.1, -0.05) is 0 Å². The van der Waals surface area contributed by atoms with Gasteiger partial charge < -0.3 is 14.6 Å². The molecule has 4 nitrogen and oxygen atoms in total. The minimum atomic E-state index is 0.658. The van der Waals surface area contributed by atoms with E-state index in [1.807, 2.05) is 12.5 Å². The summed E-state index contributed by atoms with van der Waals surface area (Å²) in [6.45, 7) is 4.90. The van der Waals surface area contributed by atoms with Crippen LogP contribution in [0.5, 0.6) is 0 Å². The van der Waals surface area contributed by atoms with Gasteiger partial charge in [0.25, 0.3) is 0 Å². The van der Waals surface area contributed by atoms with Crippen molar-refractivity contribution in [2.45, 2.75) is 25.3 Å². The minimum Gasteiger partial charge on any atom is -0.379 e. The lowest BCUT2D eigenvalue weighted by molar-refractivity contribution is 0.116. The molecule has 0 amide bonds. The molecule has 1 aliphatic heterocycles. The van der Waals surface area contributed by atoms with Crippen LogP contribution in [0.25, 0.3) is 0 Å². The highest BCUT2D eigenvalue weighted by Crippen LogP contribution is 2.28. The van der Waals surface area contributed by atoms with E-state index in [9.17, 15) is 0 Å². The summed E-state index contributed by atoms with van der Waals surface area (Å²) in [5.74, 6) is 1.52. The van der Waals surface area contributed by atoms with Crippen molar-refractivity contribution in [3.63, 3.8) is 0 Å². The van der Waals surface area contributed by atoms with Gasteiger partial charge in [-0.05, 0) is 18.8 Å². The molecule has 1 saturated heterocycles. The number of rotatable bonds is 6. The van der Waals surface area contributed by atoms with Crippen LogP contribution in [0.15, 0.2) is 12.5 Å². The molecule has 0 atom stereocenters. The molecule has 2 fully saturated rings. The first-order valence-corrected chi connectivity index (χ1v) is 6.22. The summed E-state index contributed by atoms with van der Waals surface area (Å²) in [7, 11) is 0. The molecule has 2 heterocycles. The van der Waals surface area contributed by atoms with Gasteiger partial charge in [-0.15, -0.1) is 0 Å². The third-order valence-corrected chi connectivity index (χ3v) is 3.47. The summed E-state index contributed by atoms with van der Waals surface area (Å²) in [5, 5.41) is 3.29. The fourth-order valence-corrected chi connectivity index (χ4v) is 2.05. The van der Waals surface area contributed by atoms with Crippen LogP contribution in [0.1, 0.15) is 24.5 Å². The summed E-state index contributed by atoms with van der Waals surface area (Å²) in [6, 6.07) is 0. The van der Waals surface area contributed by atoms with Gasteiger partial charge in [0.2, 0.25) is 0 Å². The van der Waals surface area contributed by atoms with Crippen molar-refractivity contribution in [3.8, 4) is 0 Å². The van der Waals surface area contributed by atoms with Gasteiger partial charge in [-0.3, -0.25) is 0 Å². The Morgan fingerprint density at radius 2 is 2.31 bits per heavy atom. The van der Waals surface area contributed by atoms with E-state index in [1.54, 1.807) is 0 Å². The number of aromatic nitrogens is 2. The SMILES string of the molecule is c1ncn(CCOCC2CC2)c1C1CNC1. The van der Waals surface area contributed by atoms with Gasteiger partial charge >= 0.3 is 0 Å². The molecular formula is C12H19N3O. The zero-order chi connectivity index (χ0) is 10.8. The Kier molecular flexibility index (Phi) is 2.93. The van der Waals surface area contributed by atoms with Gasteiger partial charge in [0, 0.05) is 44.0 Å². The first kappa shape index (κ1) is 10.3. The van der Waals surface area contributed by atoms with Crippen LogP contribution in [0.4, 0.5) is 0 Å². The topological polar surface area (TPSA) is 39.1 Å². The number of nitrogens with one attached hydrogen (secondary N) is 1. The average molecular weight is 221 g/mol. The van der Waals surface area contributed by atoms with Crippen LogP contribution in [-0.4, -0.2) is 35.9 Å². The lowest BCUT2D eigenvalue weighted by Gasteiger charge is -2.27. The van der Waals surface area contributed by atoms with Gasteiger partial charge in [0.05, 0.1) is 12.9 Å². The molecule has 0 aromatic carbocycles. The van der Waals surface area contributed by atoms with Gasteiger partial charge in [0.1, 0.15) is 0 Å². The first-order chi connectivity index (χ1) is 7.93. The van der Waals surface area contributed by atoms with Crippen LogP contribution in [0.3, 0.4) is 0 Å². The van der Waals surface area contributed by atoms with Crippen molar-refractivity contribution in [2.24, 2.45) is 5.92 Å². The van der Waals surface area contributed by atoms with Crippen LogP contribution < -0.4 is 5.32 Å². The Balaban J connectivity index is 1.46. The number of ether oxygens (including phenoxy) is 1. The second kappa shape index (κ2) is 4.55. The van der Waals surface area contributed by atoms with E-state index >= 15 is 0 Å². The van der Waals surface area contributed by atoms with Gasteiger partial charge in [-0.25, -0.2) is 4.98 Å². The average Bonchev–Trinajstić information content (AvgIpc) is 2.93. The van der Waals surface area contributed by atoms with Gasteiger partial charge in [0.15, 0.2) is 0 Å². The van der Waals surface area contributed by atoms with E-state index in [0.717, 1.165) is 38.8 Å². The first-order valence-electron chi connectivity index (χ1n) is 6.22. The molecule has 0 unspecified atom stereocenters. The Morgan fingerprint density at radius 1 is 1.44 bits per heavy atom. The van der Waals surface area contributed by atoms with E-state index in [0.29, 0.717) is 5.92 Å². The number of hydrogen-bond donors (Lipinski definition) is 1. The molecule has 4 heteroatoms. The molecule has 1 N–H and O–H groups in total. The highest BCUT2D eigenvalue weighted by atomic mass is 16.5. The van der Waals surface area contributed by atoms with Crippen LogP contribution >= 0.6 is 0 Å². The smallest absolute Gasteiger partial charge is 0.0949 e. The maximum absolute atomic E-state index is 5.65. The Labute approximate surface area is 96.0 Å². The van der Waals surface area contributed by atoms with Crippen molar-refractivity contribution in [1.29, 1.82) is 0 Å². The maximum atomic E-state index is 5.65. The Hall–Kier alpha value is -0.870. The minimum absolute atomic E-state index is 0.658. The van der Waals surface area contributed by atoms with Crippen molar-refractivity contribution >= 4 is 0 Å². The fraction of sp³-hybridized carbons (Fsp3) is 0.750. The fourth-order valence-electron chi connectivity index (χ4n) is 2.05. The predicted octanol–water partition coefficient (Wildman–Crippen LogP) is 0.996. The molecule has 0 spiro atoms. The predicted molar refractivity (Wildman–Crippen MR) is 61.4 cm³/mol. The normalized spacial score (nSPS) is 21.0. The molecule has 88 valence electrons. The van der Waals surface area contributed by atoms with E-state index < -0.39 is 0 Å². The second-order valence-corrected chi connectivity index (χ2v) is 4.89. The van der Waals surface area contributed by atoms with E-state index in [1.165, 1.54) is 18.5 Å². The molecule has 3 rings (SSSR count). The molecule has 2 aliphatic rings. The van der Waals surface area contributed by atoms with Crippen LogP contribution in [0.2, 0.25) is 0 Å². The summed E-state index contributed by atoms with van der Waals surface area (Å²) >= 11 is 0. The summed E-state index contributed by atoms with van der Waals surface area (Å²) in [6.07, 6.45) is 6.65. The molecule has 1 saturated carbocycles. The Morgan fingerprint density at radius 3 is 3.00 bits per heavy atom. The van der Waals surface area contributed by atoms with E-state index in [-0.39, 0.29) is 0 Å². The van der Waals surface area contributed by atoms with Crippen molar-refractivity contribution in [1.82, 2.24) is 14.9 Å². The molecule has 0 radical (unpaired) electrons. The largest absolute Gasteiger partial charge is 0.379 e. The summed E-state index contributed by atoms with van der Waals surface area (Å²) in [4.78, 5) is 4.23. The number of hydrogen-bond acceptors (Lipinski definition) is 3. The highest BCUT2D eigenvalue weighted by molar-refractivity contribution is 5.11. The van der Waals surface area contributed by atoms with E-state index in [2.05, 4.69) is 14.9 Å². The number of nitrogens with zero attached hydrogens (tertiary/aromatic N) is 2. The quantitative estimate of drug-likeness (QED) is 0.728. The monoisotopic (exact) mass is 221 g/mol. The Bertz CT molecular complexity index is 342. The second-order valence-electron chi connectivity index (χ2n) is 4.89. The maximum Gasteiger partial charge on any atom is 0.0949 e. The van der Waals surface area contributed by atoms with Crippen LogP contribution in [-0.2, 0) is 11.3 Å². The summed E-state index contributed by atoms with van der Waals surface area (Å²) in [5.41, 5.74) is 1.36. The molecule has 1 aliphatic carbocycles. The van der Waals surface area contributed by atoms with Crippen molar-refractivity contribution in [2.75, 3.05) is 26.3 Å². The van der Waals surface area contributed by atoms with Crippen LogP contribution in [0, 0.1) is 5.92 Å². The lowest BCUT2D eigenvalue weighted by Crippen LogP contribution is -2.41. The van der Waals surface area contributed by atoms with Crippen molar-refractivity contribution < 1.29 is 4.74 Å². The van der Waals surface area contributed by atoms with Crippen molar-refractivity contribution in [3.05, 3.63) is 18.2 Å². The standard InChI is InChI=1S/C12H19N3O/c1-2-10(1)8-16-4-3-15-9-14-7-12(15)11-5-13-6-11/h7,9-11,13H,1-6,8H2. The zero-order valence-corrected chi connectivity index (χ0v) is 9.56. The van der Waals surface area contributed by atoms with E-state index in [4.69, 9.17) is 4.74 Å². The lowest BCUT2D eigenvalue weighted by atomic mass is 10.00.